The number of nitrogens with zero attached hydrogens (tertiary/aromatic N) is 5. The van der Waals surface area contributed by atoms with E-state index in [4.69, 9.17) is 4.52 Å². The number of aryl methyl sites for hydroxylation is 1. The molecule has 160 valence electrons. The van der Waals surface area contributed by atoms with Crippen LogP contribution in [0.4, 0.5) is 8.78 Å². The van der Waals surface area contributed by atoms with Crippen molar-refractivity contribution in [2.24, 2.45) is 0 Å². The summed E-state index contributed by atoms with van der Waals surface area (Å²) >= 11 is 0. The van der Waals surface area contributed by atoms with Crippen LogP contribution in [-0.2, 0) is 11.2 Å². The first-order valence-corrected chi connectivity index (χ1v) is 9.76. The Morgan fingerprint density at radius 1 is 1.03 bits per heavy atom. The monoisotopic (exact) mass is 427 g/mol. The van der Waals surface area contributed by atoms with Crippen LogP contribution in [0.5, 0.6) is 0 Å². The highest BCUT2D eigenvalue weighted by atomic mass is 19.2. The van der Waals surface area contributed by atoms with Gasteiger partial charge in [-0.25, -0.2) is 8.78 Å². The second-order valence-corrected chi connectivity index (χ2v) is 7.06. The van der Waals surface area contributed by atoms with Crippen LogP contribution in [0.1, 0.15) is 22.7 Å². The minimum absolute atomic E-state index is 0.0824. The molecule has 0 unspecified atom stereocenters. The Kier molecular flexibility index (Phi) is 5.96. The Labute approximate surface area is 176 Å². The van der Waals surface area contributed by atoms with Crippen LogP contribution < -0.4 is 0 Å². The lowest BCUT2D eigenvalue weighted by atomic mass is 10.1. The first-order chi connectivity index (χ1) is 15.0. The molecule has 31 heavy (non-hydrogen) atoms. The van der Waals surface area contributed by atoms with E-state index in [-0.39, 0.29) is 23.8 Å². The molecule has 0 N–H and O–H groups in total. The van der Waals surface area contributed by atoms with E-state index in [1.54, 1.807) is 23.4 Å². The molecule has 2 aromatic heterocycles. The molecule has 0 atom stereocenters. The Balaban J connectivity index is 1.27. The average Bonchev–Trinajstić information content (AvgIpc) is 3.29. The molecule has 10 heteroatoms. The van der Waals surface area contributed by atoms with Gasteiger partial charge < -0.3 is 14.3 Å². The maximum absolute atomic E-state index is 13.4. The summed E-state index contributed by atoms with van der Waals surface area (Å²) in [7, 11) is 0. The number of piperazine rings is 1. The van der Waals surface area contributed by atoms with E-state index in [2.05, 4.69) is 15.1 Å². The van der Waals surface area contributed by atoms with Gasteiger partial charge in [0.05, 0.1) is 0 Å². The van der Waals surface area contributed by atoms with Crippen molar-refractivity contribution in [2.75, 3.05) is 26.2 Å². The largest absolute Gasteiger partial charge is 0.339 e. The lowest BCUT2D eigenvalue weighted by Gasteiger charge is -2.34. The van der Waals surface area contributed by atoms with Gasteiger partial charge in [-0.1, -0.05) is 5.16 Å². The van der Waals surface area contributed by atoms with Gasteiger partial charge in [-0.05, 0) is 30.3 Å². The fraction of sp³-hybridized carbons (Fsp3) is 0.286. The molecule has 2 amide bonds. The Morgan fingerprint density at radius 3 is 2.52 bits per heavy atom. The standard InChI is InChI=1S/C21H19F2N5O3/c22-16-4-3-14(12-17(16)23)21(30)28-10-8-27(9-11-28)19(29)6-5-18-25-20(26-31-18)15-2-1-7-24-13-15/h1-4,7,12-13H,5-6,8-11H2. The number of benzene rings is 1. The fourth-order valence-electron chi connectivity index (χ4n) is 3.31. The van der Waals surface area contributed by atoms with Crippen LogP contribution >= 0.6 is 0 Å². The molecular weight excluding hydrogens is 408 g/mol. The molecule has 0 aliphatic carbocycles. The van der Waals surface area contributed by atoms with E-state index in [9.17, 15) is 18.4 Å². The number of hydrogen-bond donors (Lipinski definition) is 0. The van der Waals surface area contributed by atoms with Crippen LogP contribution in [0.3, 0.4) is 0 Å². The molecular formula is C21H19F2N5O3. The molecule has 1 saturated heterocycles. The van der Waals surface area contributed by atoms with Gasteiger partial charge in [-0.3, -0.25) is 14.6 Å². The third-order valence-corrected chi connectivity index (χ3v) is 5.03. The van der Waals surface area contributed by atoms with Crippen molar-refractivity contribution in [3.63, 3.8) is 0 Å². The SMILES string of the molecule is O=C(CCc1nc(-c2cccnc2)no1)N1CCN(C(=O)c2ccc(F)c(F)c2)CC1. The van der Waals surface area contributed by atoms with Gasteiger partial charge in [0.2, 0.25) is 17.6 Å². The molecule has 1 aliphatic heterocycles. The highest BCUT2D eigenvalue weighted by molar-refractivity contribution is 5.94. The van der Waals surface area contributed by atoms with Crippen molar-refractivity contribution in [1.82, 2.24) is 24.9 Å². The van der Waals surface area contributed by atoms with E-state index in [0.29, 0.717) is 44.3 Å². The molecule has 0 radical (unpaired) electrons. The molecule has 1 aliphatic rings. The molecule has 0 bridgehead atoms. The average molecular weight is 427 g/mol. The Bertz CT molecular complexity index is 1080. The number of pyridine rings is 1. The van der Waals surface area contributed by atoms with Gasteiger partial charge in [0.25, 0.3) is 5.91 Å². The van der Waals surface area contributed by atoms with Crippen molar-refractivity contribution in [2.45, 2.75) is 12.8 Å². The van der Waals surface area contributed by atoms with E-state index in [1.165, 1.54) is 11.0 Å². The molecule has 1 aromatic carbocycles. The summed E-state index contributed by atoms with van der Waals surface area (Å²) in [4.78, 5) is 36.4. The topological polar surface area (TPSA) is 92.4 Å². The van der Waals surface area contributed by atoms with Crippen molar-refractivity contribution in [3.05, 3.63) is 65.8 Å². The summed E-state index contributed by atoms with van der Waals surface area (Å²) in [5.74, 6) is -1.76. The number of hydrogen-bond acceptors (Lipinski definition) is 6. The number of aromatic nitrogens is 3. The quantitative estimate of drug-likeness (QED) is 0.621. The lowest BCUT2D eigenvalue weighted by Crippen LogP contribution is -2.50. The zero-order valence-corrected chi connectivity index (χ0v) is 16.5. The molecule has 0 spiro atoms. The Morgan fingerprint density at radius 2 is 1.81 bits per heavy atom. The summed E-state index contributed by atoms with van der Waals surface area (Å²) < 4.78 is 31.6. The van der Waals surface area contributed by atoms with Gasteiger partial charge in [0, 0.05) is 62.5 Å². The van der Waals surface area contributed by atoms with Crippen LogP contribution in [0.2, 0.25) is 0 Å². The minimum atomic E-state index is -1.06. The van der Waals surface area contributed by atoms with E-state index in [0.717, 1.165) is 17.7 Å². The van der Waals surface area contributed by atoms with Crippen LogP contribution in [-0.4, -0.2) is 62.9 Å². The third-order valence-electron chi connectivity index (χ3n) is 5.03. The highest BCUT2D eigenvalue weighted by Crippen LogP contribution is 2.16. The summed E-state index contributed by atoms with van der Waals surface area (Å²) in [6.45, 7) is 1.35. The zero-order valence-electron chi connectivity index (χ0n) is 16.5. The van der Waals surface area contributed by atoms with Crippen molar-refractivity contribution in [1.29, 1.82) is 0 Å². The Hall–Kier alpha value is -3.69. The molecule has 3 heterocycles. The van der Waals surface area contributed by atoms with Crippen LogP contribution in [0.25, 0.3) is 11.4 Å². The summed E-state index contributed by atoms with van der Waals surface area (Å²) in [5.41, 5.74) is 0.810. The van der Waals surface area contributed by atoms with E-state index in [1.807, 2.05) is 6.07 Å². The van der Waals surface area contributed by atoms with Crippen molar-refractivity contribution >= 4 is 11.8 Å². The van der Waals surface area contributed by atoms with Gasteiger partial charge in [-0.2, -0.15) is 4.98 Å². The normalized spacial score (nSPS) is 14.0. The highest BCUT2D eigenvalue weighted by Gasteiger charge is 2.25. The molecule has 1 fully saturated rings. The predicted octanol–water partition coefficient (Wildman–Crippen LogP) is 2.33. The number of rotatable bonds is 5. The van der Waals surface area contributed by atoms with Crippen LogP contribution in [0, 0.1) is 11.6 Å². The van der Waals surface area contributed by atoms with Gasteiger partial charge >= 0.3 is 0 Å². The minimum Gasteiger partial charge on any atom is -0.339 e. The number of halogens is 2. The van der Waals surface area contributed by atoms with E-state index >= 15 is 0 Å². The fourth-order valence-corrected chi connectivity index (χ4v) is 3.31. The number of amides is 2. The van der Waals surface area contributed by atoms with Gasteiger partial charge in [0.15, 0.2) is 11.6 Å². The lowest BCUT2D eigenvalue weighted by molar-refractivity contribution is -0.132. The molecule has 0 saturated carbocycles. The second kappa shape index (κ2) is 8.99. The first-order valence-electron chi connectivity index (χ1n) is 9.76. The third kappa shape index (κ3) is 4.73. The second-order valence-electron chi connectivity index (χ2n) is 7.06. The summed E-state index contributed by atoms with van der Waals surface area (Å²) in [6.07, 6.45) is 3.78. The number of carbonyl (C=O) groups excluding carboxylic acids is 2. The smallest absolute Gasteiger partial charge is 0.254 e. The predicted molar refractivity (Wildman–Crippen MR) is 105 cm³/mol. The van der Waals surface area contributed by atoms with Gasteiger partial charge in [-0.15, -0.1) is 0 Å². The zero-order chi connectivity index (χ0) is 21.8. The van der Waals surface area contributed by atoms with Crippen LogP contribution in [0.15, 0.2) is 47.2 Å². The van der Waals surface area contributed by atoms with E-state index < -0.39 is 11.6 Å². The van der Waals surface area contributed by atoms with Gasteiger partial charge in [0.1, 0.15) is 0 Å². The summed E-state index contributed by atoms with van der Waals surface area (Å²) in [5, 5.41) is 3.90. The maximum atomic E-state index is 13.4. The first kappa shape index (κ1) is 20.6. The maximum Gasteiger partial charge on any atom is 0.254 e. The number of carbonyl (C=O) groups is 2. The molecule has 3 aromatic rings. The van der Waals surface area contributed by atoms with Crippen molar-refractivity contribution < 1.29 is 22.9 Å². The van der Waals surface area contributed by atoms with Crippen molar-refractivity contribution in [3.8, 4) is 11.4 Å². The molecule has 4 rings (SSSR count). The molecule has 8 nitrogen and oxygen atoms in total. The summed E-state index contributed by atoms with van der Waals surface area (Å²) in [6, 6.07) is 6.65.